The summed E-state index contributed by atoms with van der Waals surface area (Å²) in [6.45, 7) is 0.496. The molecule has 0 unspecified atom stereocenters. The van der Waals surface area contributed by atoms with E-state index in [9.17, 15) is 9.18 Å². The Morgan fingerprint density at radius 1 is 1.17 bits per heavy atom. The predicted molar refractivity (Wildman–Crippen MR) is 102 cm³/mol. The molecule has 0 heterocycles. The maximum Gasteiger partial charge on any atom is 0.258 e. The van der Waals surface area contributed by atoms with Crippen LogP contribution < -0.4 is 16.4 Å². The molecule has 2 aromatic carbocycles. The Hall–Kier alpha value is -1.64. The summed E-state index contributed by atoms with van der Waals surface area (Å²) in [6.07, 6.45) is 0. The summed E-state index contributed by atoms with van der Waals surface area (Å²) in [5.74, 6) is -1.17. The van der Waals surface area contributed by atoms with Crippen molar-refractivity contribution >= 4 is 61.8 Å². The van der Waals surface area contributed by atoms with E-state index in [1.54, 1.807) is 24.3 Å². The van der Waals surface area contributed by atoms with Gasteiger partial charge >= 0.3 is 0 Å². The number of nitrogens with one attached hydrogen (secondary N) is 3. The van der Waals surface area contributed by atoms with Gasteiger partial charge in [-0.25, -0.2) is 4.39 Å². The molecule has 0 aliphatic rings. The van der Waals surface area contributed by atoms with Crippen LogP contribution in [0.4, 0.5) is 10.1 Å². The fraction of sp³-hybridized carbons (Fsp3) is 0.0667. The molecule has 24 heavy (non-hydrogen) atoms. The van der Waals surface area contributed by atoms with E-state index in [-0.39, 0.29) is 18.2 Å². The monoisotopic (exact) mass is 478 g/mol. The lowest BCUT2D eigenvalue weighted by Gasteiger charge is -2.13. The fourth-order valence-electron chi connectivity index (χ4n) is 1.86. The summed E-state index contributed by atoms with van der Waals surface area (Å²) in [6, 6.07) is 9.43. The van der Waals surface area contributed by atoms with Gasteiger partial charge in [-0.15, -0.1) is 12.4 Å². The molecule has 2 aromatic rings. The van der Waals surface area contributed by atoms with Crippen LogP contribution >= 0.6 is 44.3 Å². The fourth-order valence-corrected chi connectivity index (χ4v) is 3.33. The number of anilines is 1. The molecule has 0 bridgehead atoms. The first-order valence-corrected chi connectivity index (χ1v) is 8.08. The van der Waals surface area contributed by atoms with Crippen LogP contribution in [-0.4, -0.2) is 11.9 Å². The van der Waals surface area contributed by atoms with Crippen LogP contribution in [0.5, 0.6) is 0 Å². The highest BCUT2D eigenvalue weighted by atomic mass is 79.9. The molecule has 5 N–H and O–H groups in total. The second-order valence-electron chi connectivity index (χ2n) is 4.66. The van der Waals surface area contributed by atoms with Crippen LogP contribution in [0.1, 0.15) is 15.9 Å². The van der Waals surface area contributed by atoms with Gasteiger partial charge in [0, 0.05) is 21.1 Å². The molecule has 0 atom stereocenters. The Labute approximate surface area is 161 Å². The minimum absolute atomic E-state index is 0. The third-order valence-electron chi connectivity index (χ3n) is 2.94. The third kappa shape index (κ3) is 5.47. The summed E-state index contributed by atoms with van der Waals surface area (Å²) in [7, 11) is 0. The Morgan fingerprint density at radius 2 is 1.71 bits per heavy atom. The number of hydrogen-bond donors (Lipinski definition) is 4. The number of guanidine groups is 1. The van der Waals surface area contributed by atoms with Crippen LogP contribution in [0.15, 0.2) is 45.3 Å². The molecule has 0 radical (unpaired) electrons. The van der Waals surface area contributed by atoms with E-state index in [4.69, 9.17) is 11.1 Å². The molecule has 0 aliphatic carbocycles. The second-order valence-corrected chi connectivity index (χ2v) is 6.37. The molecule has 0 aliphatic heterocycles. The lowest BCUT2D eigenvalue weighted by Crippen LogP contribution is -2.35. The molecule has 9 heteroatoms. The van der Waals surface area contributed by atoms with Crippen LogP contribution in [0.2, 0.25) is 0 Å². The zero-order valence-corrected chi connectivity index (χ0v) is 16.2. The van der Waals surface area contributed by atoms with Gasteiger partial charge in [-0.3, -0.25) is 15.5 Å². The molecule has 5 nitrogen and oxygen atoms in total. The Morgan fingerprint density at radius 3 is 2.21 bits per heavy atom. The number of hydrogen-bond acceptors (Lipinski definition) is 3. The molecule has 0 aromatic heterocycles. The van der Waals surface area contributed by atoms with Gasteiger partial charge in [0.1, 0.15) is 5.82 Å². The van der Waals surface area contributed by atoms with E-state index in [1.165, 1.54) is 12.1 Å². The number of halogens is 4. The molecular formula is C15H14Br2ClFN4O. The minimum atomic E-state index is -0.469. The zero-order chi connectivity index (χ0) is 17.0. The van der Waals surface area contributed by atoms with Gasteiger partial charge in [0.2, 0.25) is 0 Å². The van der Waals surface area contributed by atoms with E-state index >= 15 is 0 Å². The topological polar surface area (TPSA) is 91.0 Å². The normalized spacial score (nSPS) is 9.79. The summed E-state index contributed by atoms with van der Waals surface area (Å²) < 4.78 is 14.2. The number of carbonyl (C=O) groups excluding carboxylic acids is 1. The Kier molecular flexibility index (Phi) is 7.65. The smallest absolute Gasteiger partial charge is 0.258 e. The lowest BCUT2D eigenvalue weighted by molar-refractivity contribution is 0.0976. The molecule has 2 rings (SSSR count). The van der Waals surface area contributed by atoms with E-state index in [2.05, 4.69) is 42.5 Å². The van der Waals surface area contributed by atoms with Crippen molar-refractivity contribution in [2.75, 3.05) is 5.32 Å². The number of benzene rings is 2. The lowest BCUT2D eigenvalue weighted by atomic mass is 10.1. The van der Waals surface area contributed by atoms with Crippen molar-refractivity contribution in [2.45, 2.75) is 6.54 Å². The number of carbonyl (C=O) groups is 1. The van der Waals surface area contributed by atoms with Gasteiger partial charge in [0.15, 0.2) is 5.96 Å². The van der Waals surface area contributed by atoms with Crippen LogP contribution in [0.25, 0.3) is 0 Å². The van der Waals surface area contributed by atoms with E-state index in [1.807, 2.05) is 0 Å². The average molecular weight is 481 g/mol. The van der Waals surface area contributed by atoms with Gasteiger partial charge in [-0.2, -0.15) is 0 Å². The van der Waals surface area contributed by atoms with Gasteiger partial charge in [0.05, 0.1) is 5.69 Å². The SMILES string of the molecule is Cl.N=C(N)NC(=O)c1cc(Br)c(NCc2ccc(F)cc2)c(Br)c1. The number of rotatable bonds is 4. The summed E-state index contributed by atoms with van der Waals surface area (Å²) >= 11 is 6.80. The summed E-state index contributed by atoms with van der Waals surface area (Å²) in [5, 5.41) is 12.5. The van der Waals surface area contributed by atoms with Crippen LogP contribution in [0.3, 0.4) is 0 Å². The molecular weight excluding hydrogens is 466 g/mol. The summed E-state index contributed by atoms with van der Waals surface area (Å²) in [4.78, 5) is 11.9. The average Bonchev–Trinajstić information content (AvgIpc) is 2.47. The van der Waals surface area contributed by atoms with Crippen molar-refractivity contribution in [3.8, 4) is 0 Å². The highest BCUT2D eigenvalue weighted by Gasteiger charge is 2.13. The van der Waals surface area contributed by atoms with Crippen LogP contribution in [0, 0.1) is 11.2 Å². The van der Waals surface area contributed by atoms with Gasteiger partial charge < -0.3 is 11.1 Å². The quantitative estimate of drug-likeness (QED) is 0.394. The van der Waals surface area contributed by atoms with E-state index in [0.717, 1.165) is 11.3 Å². The van der Waals surface area contributed by atoms with Gasteiger partial charge in [0.25, 0.3) is 5.91 Å². The minimum Gasteiger partial charge on any atom is -0.379 e. The largest absolute Gasteiger partial charge is 0.379 e. The van der Waals surface area contributed by atoms with Crippen molar-refractivity contribution in [1.82, 2.24) is 5.32 Å². The van der Waals surface area contributed by atoms with Crippen molar-refractivity contribution in [3.05, 3.63) is 62.3 Å². The van der Waals surface area contributed by atoms with E-state index < -0.39 is 11.9 Å². The highest BCUT2D eigenvalue weighted by Crippen LogP contribution is 2.33. The van der Waals surface area contributed by atoms with E-state index in [0.29, 0.717) is 21.1 Å². The first kappa shape index (κ1) is 20.4. The van der Waals surface area contributed by atoms with Gasteiger partial charge in [-0.05, 0) is 61.7 Å². The Bertz CT molecular complexity index is 733. The number of amides is 1. The Balaban J connectivity index is 0.00000288. The summed E-state index contributed by atoms with van der Waals surface area (Å²) in [5.41, 5.74) is 7.18. The zero-order valence-electron chi connectivity index (χ0n) is 12.2. The second kappa shape index (κ2) is 9.00. The number of nitrogens with two attached hydrogens (primary N) is 1. The molecule has 0 saturated heterocycles. The molecule has 0 saturated carbocycles. The molecule has 0 spiro atoms. The van der Waals surface area contributed by atoms with Crippen molar-refractivity contribution in [3.63, 3.8) is 0 Å². The van der Waals surface area contributed by atoms with Crippen LogP contribution in [-0.2, 0) is 6.54 Å². The third-order valence-corrected chi connectivity index (χ3v) is 4.19. The van der Waals surface area contributed by atoms with Crippen molar-refractivity contribution in [1.29, 1.82) is 5.41 Å². The maximum absolute atomic E-state index is 12.9. The van der Waals surface area contributed by atoms with Crippen molar-refractivity contribution < 1.29 is 9.18 Å². The first-order chi connectivity index (χ1) is 10.9. The molecule has 0 fully saturated rings. The maximum atomic E-state index is 12.9. The molecule has 128 valence electrons. The van der Waals surface area contributed by atoms with Crippen molar-refractivity contribution in [2.24, 2.45) is 5.73 Å². The molecule has 1 amide bonds. The van der Waals surface area contributed by atoms with Gasteiger partial charge in [-0.1, -0.05) is 12.1 Å². The standard InChI is InChI=1S/C15H13Br2FN4O.ClH/c16-11-5-9(14(23)22-15(19)20)6-12(17)13(11)21-7-8-1-3-10(18)4-2-8;/h1-6,21H,7H2,(H4,19,20,22,23);1H. The predicted octanol–water partition coefficient (Wildman–Crippen LogP) is 4.01. The highest BCUT2D eigenvalue weighted by molar-refractivity contribution is 9.11. The first-order valence-electron chi connectivity index (χ1n) is 6.49.